The van der Waals surface area contributed by atoms with Crippen molar-refractivity contribution in [2.75, 3.05) is 18.5 Å². The van der Waals surface area contributed by atoms with E-state index in [0.717, 1.165) is 12.6 Å². The molecule has 2 aromatic rings. The van der Waals surface area contributed by atoms with Crippen LogP contribution in [0.15, 0.2) is 6.20 Å². The molecule has 0 spiro atoms. The SMILES string of the molecule is CCC1(c2c(C#N)c(C(F)(F)F)c3cnc(N[C@@H]4CCOC[C@H]4O)nn23)CCC1. The predicted molar refractivity (Wildman–Crippen MR) is 97.4 cm³/mol. The van der Waals surface area contributed by atoms with E-state index in [9.17, 15) is 23.5 Å². The molecule has 7 nitrogen and oxygen atoms in total. The third kappa shape index (κ3) is 3.22. The fraction of sp³-hybridized carbons (Fsp3) is 0.632. The Bertz CT molecular complexity index is 956. The van der Waals surface area contributed by atoms with Crippen LogP contribution in [0.1, 0.15) is 55.8 Å². The highest BCUT2D eigenvalue weighted by molar-refractivity contribution is 5.67. The molecule has 1 saturated carbocycles. The standard InChI is InChI=1S/C19H22F3N5O2/c1-2-18(5-3-6-18)16-11(8-23)15(19(20,21)22)13-9-24-17(26-27(13)16)25-12-4-7-29-10-14(12)28/h9,12,14,28H,2-7,10H2,1H3,(H,25,26)/t12-,14-/m1/s1. The average Bonchev–Trinajstić information content (AvgIpc) is 2.98. The zero-order valence-corrected chi connectivity index (χ0v) is 16.0. The van der Waals surface area contributed by atoms with Gasteiger partial charge in [-0.25, -0.2) is 9.50 Å². The van der Waals surface area contributed by atoms with Gasteiger partial charge < -0.3 is 15.2 Å². The van der Waals surface area contributed by atoms with Gasteiger partial charge in [0.1, 0.15) is 11.6 Å². The van der Waals surface area contributed by atoms with Gasteiger partial charge in [0.05, 0.1) is 41.7 Å². The molecule has 2 N–H and O–H groups in total. The highest BCUT2D eigenvalue weighted by Gasteiger charge is 2.47. The number of fused-ring (bicyclic) bond motifs is 1. The number of alkyl halides is 3. The third-order valence-corrected chi connectivity index (χ3v) is 6.21. The van der Waals surface area contributed by atoms with Crippen LogP contribution in [-0.4, -0.2) is 45.1 Å². The number of rotatable bonds is 4. The van der Waals surface area contributed by atoms with Crippen molar-refractivity contribution in [3.05, 3.63) is 23.0 Å². The number of hydrogen-bond donors (Lipinski definition) is 2. The quantitative estimate of drug-likeness (QED) is 0.806. The van der Waals surface area contributed by atoms with Crippen LogP contribution in [0.3, 0.4) is 0 Å². The van der Waals surface area contributed by atoms with Gasteiger partial charge in [0.15, 0.2) is 0 Å². The monoisotopic (exact) mass is 409 g/mol. The first-order valence-electron chi connectivity index (χ1n) is 9.72. The zero-order chi connectivity index (χ0) is 20.8. The van der Waals surface area contributed by atoms with Gasteiger partial charge in [-0.1, -0.05) is 13.3 Å². The number of aromatic nitrogens is 3. The highest BCUT2D eigenvalue weighted by atomic mass is 19.4. The first-order valence-corrected chi connectivity index (χ1v) is 9.72. The molecule has 1 aliphatic carbocycles. The molecule has 0 bridgehead atoms. The molecule has 0 radical (unpaired) electrons. The maximum atomic E-state index is 13.8. The molecule has 2 atom stereocenters. The molecular weight excluding hydrogens is 387 g/mol. The molecular formula is C19H22F3N5O2. The summed E-state index contributed by atoms with van der Waals surface area (Å²) in [7, 11) is 0. The highest BCUT2D eigenvalue weighted by Crippen LogP contribution is 2.50. The lowest BCUT2D eigenvalue weighted by Gasteiger charge is -2.41. The second kappa shape index (κ2) is 7.15. The Kier molecular flexibility index (Phi) is 4.91. The molecule has 0 amide bonds. The van der Waals surface area contributed by atoms with E-state index >= 15 is 0 Å². The number of halogens is 3. The molecule has 2 aliphatic rings. The maximum Gasteiger partial charge on any atom is 0.419 e. The number of ether oxygens (including phenoxy) is 1. The number of aliphatic hydroxyl groups is 1. The molecule has 3 heterocycles. The number of nitriles is 1. The van der Waals surface area contributed by atoms with Crippen molar-refractivity contribution in [2.24, 2.45) is 0 Å². The van der Waals surface area contributed by atoms with E-state index in [-0.39, 0.29) is 29.7 Å². The fourth-order valence-corrected chi connectivity index (χ4v) is 4.41. The van der Waals surface area contributed by atoms with E-state index in [1.807, 2.05) is 6.92 Å². The van der Waals surface area contributed by atoms with E-state index < -0.39 is 23.3 Å². The molecule has 2 fully saturated rings. The lowest BCUT2D eigenvalue weighted by Crippen LogP contribution is -2.42. The molecule has 4 rings (SSSR count). The van der Waals surface area contributed by atoms with Crippen LogP contribution in [0.5, 0.6) is 0 Å². The topological polar surface area (TPSA) is 95.5 Å². The van der Waals surface area contributed by atoms with Gasteiger partial charge in [0.2, 0.25) is 5.95 Å². The van der Waals surface area contributed by atoms with Crippen LogP contribution >= 0.6 is 0 Å². The van der Waals surface area contributed by atoms with Gasteiger partial charge in [-0.05, 0) is 25.7 Å². The number of anilines is 1. The molecule has 1 saturated heterocycles. The van der Waals surface area contributed by atoms with E-state index in [1.165, 1.54) is 4.52 Å². The Labute approximate surface area is 165 Å². The van der Waals surface area contributed by atoms with Crippen LogP contribution in [0.25, 0.3) is 5.52 Å². The van der Waals surface area contributed by atoms with Crippen LogP contribution in [0.2, 0.25) is 0 Å². The summed E-state index contributed by atoms with van der Waals surface area (Å²) in [6.07, 6.45) is -0.870. The fourth-order valence-electron chi connectivity index (χ4n) is 4.41. The van der Waals surface area contributed by atoms with Crippen molar-refractivity contribution in [3.63, 3.8) is 0 Å². The number of hydrogen-bond acceptors (Lipinski definition) is 6. The van der Waals surface area contributed by atoms with Crippen molar-refractivity contribution in [1.82, 2.24) is 14.6 Å². The van der Waals surface area contributed by atoms with Crippen molar-refractivity contribution in [2.45, 2.75) is 62.8 Å². The molecule has 0 unspecified atom stereocenters. The Morgan fingerprint density at radius 3 is 2.76 bits per heavy atom. The summed E-state index contributed by atoms with van der Waals surface area (Å²) in [5, 5.41) is 27.0. The molecule has 0 aromatic carbocycles. The maximum absolute atomic E-state index is 13.8. The lowest BCUT2D eigenvalue weighted by atomic mass is 9.64. The van der Waals surface area contributed by atoms with E-state index in [4.69, 9.17) is 4.74 Å². The summed E-state index contributed by atoms with van der Waals surface area (Å²) in [5.74, 6) is 0.114. The number of aliphatic hydroxyl groups excluding tert-OH is 1. The summed E-state index contributed by atoms with van der Waals surface area (Å²) in [4.78, 5) is 4.05. The average molecular weight is 409 g/mol. The second-order valence-corrected chi connectivity index (χ2v) is 7.76. The van der Waals surface area contributed by atoms with E-state index in [1.54, 1.807) is 6.07 Å². The Balaban J connectivity index is 1.87. The molecule has 10 heteroatoms. The number of nitrogens with one attached hydrogen (secondary N) is 1. The summed E-state index contributed by atoms with van der Waals surface area (Å²) < 4.78 is 47.9. The van der Waals surface area contributed by atoms with Crippen molar-refractivity contribution < 1.29 is 23.0 Å². The Morgan fingerprint density at radius 2 is 2.21 bits per heavy atom. The first kappa shape index (κ1) is 19.9. The minimum absolute atomic E-state index is 0.114. The molecule has 156 valence electrons. The van der Waals surface area contributed by atoms with Gasteiger partial charge in [0.25, 0.3) is 0 Å². The summed E-state index contributed by atoms with van der Waals surface area (Å²) in [5.41, 5.74) is -1.75. The van der Waals surface area contributed by atoms with Crippen molar-refractivity contribution in [1.29, 1.82) is 5.26 Å². The van der Waals surface area contributed by atoms with Gasteiger partial charge in [0, 0.05) is 12.0 Å². The zero-order valence-electron chi connectivity index (χ0n) is 16.0. The second-order valence-electron chi connectivity index (χ2n) is 7.76. The van der Waals surface area contributed by atoms with Crippen LogP contribution in [-0.2, 0) is 16.3 Å². The minimum Gasteiger partial charge on any atom is -0.389 e. The lowest BCUT2D eigenvalue weighted by molar-refractivity contribution is -0.136. The van der Waals surface area contributed by atoms with Gasteiger partial charge in [-0.15, -0.1) is 5.10 Å². The van der Waals surface area contributed by atoms with Crippen molar-refractivity contribution in [3.8, 4) is 6.07 Å². The third-order valence-electron chi connectivity index (χ3n) is 6.21. The summed E-state index contributed by atoms with van der Waals surface area (Å²) in [6.45, 7) is 2.55. The molecule has 1 aliphatic heterocycles. The normalized spacial score (nSPS) is 24.1. The Morgan fingerprint density at radius 1 is 1.45 bits per heavy atom. The minimum atomic E-state index is -4.69. The number of nitrogens with zero attached hydrogens (tertiary/aromatic N) is 4. The molecule has 2 aromatic heterocycles. The van der Waals surface area contributed by atoms with Crippen molar-refractivity contribution >= 4 is 11.5 Å². The predicted octanol–water partition coefficient (Wildman–Crippen LogP) is 3.01. The first-order chi connectivity index (χ1) is 13.8. The van der Waals surface area contributed by atoms with Crippen LogP contribution < -0.4 is 5.32 Å². The van der Waals surface area contributed by atoms with E-state index in [2.05, 4.69) is 15.4 Å². The molecule has 29 heavy (non-hydrogen) atoms. The smallest absolute Gasteiger partial charge is 0.389 e. The summed E-state index contributed by atoms with van der Waals surface area (Å²) in [6, 6.07) is 1.43. The van der Waals surface area contributed by atoms with E-state index in [0.29, 0.717) is 38.0 Å². The van der Waals surface area contributed by atoms with Crippen LogP contribution in [0, 0.1) is 11.3 Å². The Hall–Kier alpha value is -2.38. The van der Waals surface area contributed by atoms with Gasteiger partial charge in [-0.2, -0.15) is 18.4 Å². The largest absolute Gasteiger partial charge is 0.419 e. The van der Waals surface area contributed by atoms with Gasteiger partial charge in [-0.3, -0.25) is 0 Å². The summed E-state index contributed by atoms with van der Waals surface area (Å²) >= 11 is 0. The van der Waals surface area contributed by atoms with Crippen LogP contribution in [0.4, 0.5) is 19.1 Å². The van der Waals surface area contributed by atoms with Gasteiger partial charge >= 0.3 is 6.18 Å².